The summed E-state index contributed by atoms with van der Waals surface area (Å²) in [6.45, 7) is 3.56. The van der Waals surface area contributed by atoms with E-state index in [2.05, 4.69) is 5.32 Å². The highest BCUT2D eigenvalue weighted by Crippen LogP contribution is 2.17. The zero-order chi connectivity index (χ0) is 12.1. The van der Waals surface area contributed by atoms with Crippen LogP contribution in [0.5, 0.6) is 5.75 Å². The van der Waals surface area contributed by atoms with E-state index in [4.69, 9.17) is 5.11 Å². The molecule has 1 aromatic carbocycles. The predicted molar refractivity (Wildman–Crippen MR) is 61.5 cm³/mol. The molecule has 0 radical (unpaired) electrons. The van der Waals surface area contributed by atoms with Crippen molar-refractivity contribution in [3.05, 3.63) is 29.3 Å². The minimum atomic E-state index is -0.281. The fraction of sp³-hybridized carbons (Fsp3) is 0.417. The topological polar surface area (TPSA) is 69.6 Å². The summed E-state index contributed by atoms with van der Waals surface area (Å²) >= 11 is 0. The van der Waals surface area contributed by atoms with E-state index in [1.807, 2.05) is 6.92 Å². The van der Waals surface area contributed by atoms with Crippen molar-refractivity contribution in [2.45, 2.75) is 26.3 Å². The molecule has 0 aliphatic carbocycles. The lowest BCUT2D eigenvalue weighted by Crippen LogP contribution is -2.36. The third kappa shape index (κ3) is 2.97. The molecule has 88 valence electrons. The van der Waals surface area contributed by atoms with Gasteiger partial charge in [-0.15, -0.1) is 0 Å². The minimum Gasteiger partial charge on any atom is -0.508 e. The maximum absolute atomic E-state index is 11.7. The van der Waals surface area contributed by atoms with Gasteiger partial charge in [0.25, 0.3) is 5.91 Å². The van der Waals surface area contributed by atoms with Gasteiger partial charge in [-0.05, 0) is 31.0 Å². The number of aryl methyl sites for hydroxylation is 1. The molecule has 0 saturated carbocycles. The van der Waals surface area contributed by atoms with Gasteiger partial charge < -0.3 is 15.5 Å². The molecule has 3 N–H and O–H groups in total. The van der Waals surface area contributed by atoms with Crippen molar-refractivity contribution in [1.29, 1.82) is 0 Å². The first-order valence-electron chi connectivity index (χ1n) is 5.29. The number of hydrogen-bond donors (Lipinski definition) is 3. The normalized spacial score (nSPS) is 12.2. The van der Waals surface area contributed by atoms with E-state index in [0.717, 1.165) is 5.56 Å². The molecule has 16 heavy (non-hydrogen) atoms. The van der Waals surface area contributed by atoms with Crippen LogP contribution in [0.4, 0.5) is 0 Å². The van der Waals surface area contributed by atoms with Crippen molar-refractivity contribution in [3.63, 3.8) is 0 Å². The Hall–Kier alpha value is -1.55. The number of aliphatic hydroxyl groups is 1. The number of phenolic OH excluding ortho intramolecular Hbond substituents is 1. The quantitative estimate of drug-likeness (QED) is 0.718. The van der Waals surface area contributed by atoms with Crippen molar-refractivity contribution in [3.8, 4) is 5.75 Å². The number of hydrogen-bond acceptors (Lipinski definition) is 3. The number of benzene rings is 1. The molecule has 0 bridgehead atoms. The third-order valence-electron chi connectivity index (χ3n) is 2.52. The second-order valence-electron chi connectivity index (χ2n) is 3.76. The van der Waals surface area contributed by atoms with Crippen molar-refractivity contribution in [2.24, 2.45) is 0 Å². The second kappa shape index (κ2) is 5.51. The first kappa shape index (κ1) is 12.5. The number of amides is 1. The summed E-state index contributed by atoms with van der Waals surface area (Å²) in [5.41, 5.74) is 1.13. The van der Waals surface area contributed by atoms with Gasteiger partial charge in [0.15, 0.2) is 0 Å². The van der Waals surface area contributed by atoms with Crippen LogP contribution >= 0.6 is 0 Å². The zero-order valence-corrected chi connectivity index (χ0v) is 9.53. The highest BCUT2D eigenvalue weighted by atomic mass is 16.3. The largest absolute Gasteiger partial charge is 0.508 e. The lowest BCUT2D eigenvalue weighted by molar-refractivity contribution is 0.0914. The van der Waals surface area contributed by atoms with Crippen LogP contribution in [0.1, 0.15) is 29.3 Å². The Morgan fingerprint density at radius 3 is 2.69 bits per heavy atom. The van der Waals surface area contributed by atoms with Gasteiger partial charge in [-0.3, -0.25) is 4.79 Å². The van der Waals surface area contributed by atoms with Gasteiger partial charge >= 0.3 is 0 Å². The summed E-state index contributed by atoms with van der Waals surface area (Å²) in [7, 11) is 0. The standard InChI is InChI=1S/C12H17NO3/c1-3-10(7-14)13-12(16)9-5-4-8(2)11(15)6-9/h4-6,10,14-15H,3,7H2,1-2H3,(H,13,16). The van der Waals surface area contributed by atoms with E-state index >= 15 is 0 Å². The summed E-state index contributed by atoms with van der Waals surface area (Å²) < 4.78 is 0. The van der Waals surface area contributed by atoms with E-state index in [1.165, 1.54) is 6.07 Å². The number of phenols is 1. The Kier molecular flexibility index (Phi) is 4.31. The first-order chi connectivity index (χ1) is 7.58. The van der Waals surface area contributed by atoms with Crippen molar-refractivity contribution >= 4 is 5.91 Å². The number of nitrogens with one attached hydrogen (secondary N) is 1. The number of aromatic hydroxyl groups is 1. The Morgan fingerprint density at radius 2 is 2.19 bits per heavy atom. The van der Waals surface area contributed by atoms with Gasteiger partial charge in [0.05, 0.1) is 12.6 Å². The van der Waals surface area contributed by atoms with E-state index < -0.39 is 0 Å². The van der Waals surface area contributed by atoms with Crippen LogP contribution in [0.25, 0.3) is 0 Å². The van der Waals surface area contributed by atoms with Crippen LogP contribution in [-0.4, -0.2) is 28.8 Å². The van der Waals surface area contributed by atoms with Gasteiger partial charge in [-0.2, -0.15) is 0 Å². The number of aliphatic hydroxyl groups excluding tert-OH is 1. The van der Waals surface area contributed by atoms with E-state index in [1.54, 1.807) is 19.1 Å². The molecule has 1 rings (SSSR count). The lowest BCUT2D eigenvalue weighted by atomic mass is 10.1. The second-order valence-corrected chi connectivity index (χ2v) is 3.76. The molecule has 0 heterocycles. The summed E-state index contributed by atoms with van der Waals surface area (Å²) in [4.78, 5) is 11.7. The van der Waals surface area contributed by atoms with Gasteiger partial charge in [0, 0.05) is 5.56 Å². The molecule has 4 nitrogen and oxygen atoms in total. The molecule has 0 saturated heterocycles. The van der Waals surface area contributed by atoms with Crippen molar-refractivity contribution < 1.29 is 15.0 Å². The summed E-state index contributed by atoms with van der Waals surface area (Å²) in [5.74, 6) is -0.180. The molecule has 1 atom stereocenters. The molecule has 0 aliphatic rings. The number of carbonyl (C=O) groups excluding carboxylic acids is 1. The molecular weight excluding hydrogens is 206 g/mol. The van der Waals surface area contributed by atoms with Crippen LogP contribution in [0.15, 0.2) is 18.2 Å². The summed E-state index contributed by atoms with van der Waals surface area (Å²) in [6.07, 6.45) is 0.667. The maximum atomic E-state index is 11.7. The molecule has 1 amide bonds. The van der Waals surface area contributed by atoms with Crippen LogP contribution in [0.2, 0.25) is 0 Å². The number of rotatable bonds is 4. The monoisotopic (exact) mass is 223 g/mol. The molecular formula is C12H17NO3. The SMILES string of the molecule is CCC(CO)NC(=O)c1ccc(C)c(O)c1. The third-order valence-corrected chi connectivity index (χ3v) is 2.52. The lowest BCUT2D eigenvalue weighted by Gasteiger charge is -2.14. The molecule has 0 fully saturated rings. The molecule has 0 aromatic heterocycles. The summed E-state index contributed by atoms with van der Waals surface area (Å²) in [6, 6.07) is 4.52. The van der Waals surface area contributed by atoms with E-state index in [-0.39, 0.29) is 24.3 Å². The maximum Gasteiger partial charge on any atom is 0.251 e. The average molecular weight is 223 g/mol. The van der Waals surface area contributed by atoms with Crippen LogP contribution in [-0.2, 0) is 0 Å². The highest BCUT2D eigenvalue weighted by molar-refractivity contribution is 5.94. The molecule has 1 unspecified atom stereocenters. The zero-order valence-electron chi connectivity index (χ0n) is 9.53. The van der Waals surface area contributed by atoms with Crippen LogP contribution in [0.3, 0.4) is 0 Å². The summed E-state index contributed by atoms with van der Waals surface area (Å²) in [5, 5.41) is 21.1. The highest BCUT2D eigenvalue weighted by Gasteiger charge is 2.12. The van der Waals surface area contributed by atoms with Crippen LogP contribution in [0, 0.1) is 6.92 Å². The fourth-order valence-electron chi connectivity index (χ4n) is 1.30. The molecule has 1 aromatic rings. The first-order valence-corrected chi connectivity index (χ1v) is 5.29. The Balaban J connectivity index is 2.76. The molecule has 0 spiro atoms. The Morgan fingerprint density at radius 1 is 1.50 bits per heavy atom. The predicted octanol–water partition coefficient (Wildman–Crippen LogP) is 1.20. The van der Waals surface area contributed by atoms with E-state index in [0.29, 0.717) is 12.0 Å². The smallest absolute Gasteiger partial charge is 0.251 e. The average Bonchev–Trinajstić information content (AvgIpc) is 2.29. The molecule has 0 aliphatic heterocycles. The van der Waals surface area contributed by atoms with Gasteiger partial charge in [-0.1, -0.05) is 13.0 Å². The van der Waals surface area contributed by atoms with E-state index in [9.17, 15) is 9.90 Å². The van der Waals surface area contributed by atoms with Crippen LogP contribution < -0.4 is 5.32 Å². The van der Waals surface area contributed by atoms with Gasteiger partial charge in [0.1, 0.15) is 5.75 Å². The van der Waals surface area contributed by atoms with Gasteiger partial charge in [-0.25, -0.2) is 0 Å². The van der Waals surface area contributed by atoms with Gasteiger partial charge in [0.2, 0.25) is 0 Å². The minimum absolute atomic E-state index is 0.0833. The molecule has 4 heteroatoms. The van der Waals surface area contributed by atoms with Crippen molar-refractivity contribution in [1.82, 2.24) is 5.32 Å². The Bertz CT molecular complexity index is 373. The number of carbonyl (C=O) groups is 1. The fourth-order valence-corrected chi connectivity index (χ4v) is 1.30. The Labute approximate surface area is 94.9 Å². The van der Waals surface area contributed by atoms with Crippen molar-refractivity contribution in [2.75, 3.05) is 6.61 Å².